The molecule has 22 heavy (non-hydrogen) atoms. The lowest BCUT2D eigenvalue weighted by molar-refractivity contribution is -0.384. The largest absolute Gasteiger partial charge is 0.458 e. The van der Waals surface area contributed by atoms with E-state index in [2.05, 4.69) is 15.9 Å². The normalized spacial score (nSPS) is 10.6. The van der Waals surface area contributed by atoms with Crippen molar-refractivity contribution in [1.82, 2.24) is 0 Å². The number of benzene rings is 2. The van der Waals surface area contributed by atoms with Crippen LogP contribution in [0, 0.1) is 10.1 Å². The summed E-state index contributed by atoms with van der Waals surface area (Å²) in [5.41, 5.74) is 1.41. The molecular formula is C16H12BrNO4. The fraction of sp³-hybridized carbons (Fsp3) is 0.0625. The Kier molecular flexibility index (Phi) is 5.43. The maximum Gasteiger partial charge on any atom is 0.331 e. The second-order valence-electron chi connectivity index (χ2n) is 4.42. The summed E-state index contributed by atoms with van der Waals surface area (Å²) in [5, 5.41) is 10.7. The summed E-state index contributed by atoms with van der Waals surface area (Å²) in [6, 6.07) is 13.5. The molecule has 2 aromatic carbocycles. The number of rotatable bonds is 5. The molecule has 0 aromatic heterocycles. The van der Waals surface area contributed by atoms with Crippen LogP contribution in [0.1, 0.15) is 11.1 Å². The number of hydrogen-bond acceptors (Lipinski definition) is 4. The van der Waals surface area contributed by atoms with Crippen LogP contribution in [0.2, 0.25) is 0 Å². The van der Waals surface area contributed by atoms with Gasteiger partial charge in [0.05, 0.1) is 4.92 Å². The van der Waals surface area contributed by atoms with Crippen molar-refractivity contribution in [2.24, 2.45) is 0 Å². The number of esters is 1. The van der Waals surface area contributed by atoms with Gasteiger partial charge in [-0.15, -0.1) is 0 Å². The maximum atomic E-state index is 11.6. The molecule has 5 nitrogen and oxygen atoms in total. The van der Waals surface area contributed by atoms with E-state index in [0.717, 1.165) is 10.0 Å². The molecule has 0 radical (unpaired) electrons. The molecule has 2 aromatic rings. The van der Waals surface area contributed by atoms with Crippen molar-refractivity contribution >= 4 is 33.7 Å². The Balaban J connectivity index is 1.94. The molecule has 0 bridgehead atoms. The quantitative estimate of drug-likeness (QED) is 0.347. The van der Waals surface area contributed by atoms with Crippen LogP contribution in [0.3, 0.4) is 0 Å². The van der Waals surface area contributed by atoms with Gasteiger partial charge in [-0.1, -0.05) is 40.2 Å². The van der Waals surface area contributed by atoms with Crippen LogP contribution < -0.4 is 0 Å². The van der Waals surface area contributed by atoms with E-state index < -0.39 is 10.9 Å². The fourth-order valence-electron chi connectivity index (χ4n) is 1.74. The topological polar surface area (TPSA) is 69.4 Å². The van der Waals surface area contributed by atoms with Crippen molar-refractivity contribution in [1.29, 1.82) is 0 Å². The second-order valence-corrected chi connectivity index (χ2v) is 5.34. The minimum absolute atomic E-state index is 0.0235. The number of non-ortho nitro benzene ring substituents is 1. The molecule has 0 saturated carbocycles. The van der Waals surface area contributed by atoms with Crippen molar-refractivity contribution in [3.8, 4) is 0 Å². The van der Waals surface area contributed by atoms with Gasteiger partial charge in [0, 0.05) is 22.7 Å². The summed E-state index contributed by atoms with van der Waals surface area (Å²) in [7, 11) is 0. The first-order chi connectivity index (χ1) is 10.5. The monoisotopic (exact) mass is 361 g/mol. The first kappa shape index (κ1) is 15.9. The minimum Gasteiger partial charge on any atom is -0.458 e. The summed E-state index contributed by atoms with van der Waals surface area (Å²) in [6.07, 6.45) is 2.73. The zero-order valence-corrected chi connectivity index (χ0v) is 13.0. The van der Waals surface area contributed by atoms with Crippen LogP contribution >= 0.6 is 15.9 Å². The van der Waals surface area contributed by atoms with Crippen LogP contribution in [-0.2, 0) is 16.1 Å². The van der Waals surface area contributed by atoms with E-state index in [1.54, 1.807) is 12.1 Å². The summed E-state index contributed by atoms with van der Waals surface area (Å²) in [5.74, 6) is -0.508. The fourth-order valence-corrected chi connectivity index (χ4v) is 2.18. The lowest BCUT2D eigenvalue weighted by atomic mass is 10.2. The maximum absolute atomic E-state index is 11.6. The summed E-state index contributed by atoms with van der Waals surface area (Å²) >= 11 is 3.34. The molecule has 112 valence electrons. The van der Waals surface area contributed by atoms with Gasteiger partial charge in [-0.3, -0.25) is 10.1 Å². The Morgan fingerprint density at radius 2 is 2.00 bits per heavy atom. The van der Waals surface area contributed by atoms with Gasteiger partial charge in [-0.05, 0) is 29.3 Å². The average molecular weight is 362 g/mol. The molecule has 6 heteroatoms. The van der Waals surface area contributed by atoms with Crippen molar-refractivity contribution in [3.63, 3.8) is 0 Å². The van der Waals surface area contributed by atoms with Gasteiger partial charge in [-0.2, -0.15) is 0 Å². The lowest BCUT2D eigenvalue weighted by Crippen LogP contribution is -2.00. The third kappa shape index (κ3) is 4.82. The molecule has 0 aliphatic rings. The van der Waals surface area contributed by atoms with Crippen molar-refractivity contribution in [2.75, 3.05) is 0 Å². The Labute approximate surface area is 135 Å². The number of halogens is 1. The highest BCUT2D eigenvalue weighted by Gasteiger charge is 2.04. The van der Waals surface area contributed by atoms with Gasteiger partial charge in [0.2, 0.25) is 0 Å². The molecule has 0 spiro atoms. The van der Waals surface area contributed by atoms with Crippen molar-refractivity contribution in [2.45, 2.75) is 6.61 Å². The predicted molar refractivity (Wildman–Crippen MR) is 86.1 cm³/mol. The molecule has 0 atom stereocenters. The number of nitro benzene ring substituents is 1. The number of nitro groups is 1. The van der Waals surface area contributed by atoms with E-state index in [0.29, 0.717) is 5.56 Å². The highest BCUT2D eigenvalue weighted by Crippen LogP contribution is 2.15. The zero-order chi connectivity index (χ0) is 15.9. The molecule has 0 aliphatic carbocycles. The van der Waals surface area contributed by atoms with Crippen molar-refractivity contribution < 1.29 is 14.5 Å². The number of ether oxygens (including phenoxy) is 1. The number of carbonyl (C=O) groups is 1. The smallest absolute Gasteiger partial charge is 0.331 e. The van der Waals surface area contributed by atoms with Gasteiger partial charge in [0.25, 0.3) is 5.69 Å². The number of hydrogen-bond donors (Lipinski definition) is 0. The molecule has 0 saturated heterocycles. The predicted octanol–water partition coefficient (Wildman–Crippen LogP) is 4.11. The van der Waals surface area contributed by atoms with Crippen LogP contribution in [0.15, 0.2) is 59.1 Å². The van der Waals surface area contributed by atoms with Crippen molar-refractivity contribution in [3.05, 3.63) is 80.3 Å². The highest BCUT2D eigenvalue weighted by molar-refractivity contribution is 9.10. The van der Waals surface area contributed by atoms with E-state index in [-0.39, 0.29) is 12.3 Å². The van der Waals surface area contributed by atoms with E-state index in [9.17, 15) is 14.9 Å². The van der Waals surface area contributed by atoms with Gasteiger partial charge < -0.3 is 4.74 Å². The Morgan fingerprint density at radius 1 is 1.23 bits per heavy atom. The third-order valence-electron chi connectivity index (χ3n) is 2.76. The van der Waals surface area contributed by atoms with Gasteiger partial charge in [-0.25, -0.2) is 4.79 Å². The van der Waals surface area contributed by atoms with Crippen LogP contribution in [0.5, 0.6) is 0 Å². The van der Waals surface area contributed by atoms with E-state index >= 15 is 0 Å². The summed E-state index contributed by atoms with van der Waals surface area (Å²) < 4.78 is 6.01. The van der Waals surface area contributed by atoms with E-state index in [1.807, 2.05) is 24.3 Å². The number of carbonyl (C=O) groups excluding carboxylic acids is 1. The average Bonchev–Trinajstić information content (AvgIpc) is 2.51. The first-order valence-corrected chi connectivity index (χ1v) is 7.17. The van der Waals surface area contributed by atoms with Crippen LogP contribution in [-0.4, -0.2) is 10.9 Å². The van der Waals surface area contributed by atoms with Gasteiger partial charge in [0.15, 0.2) is 0 Å². The first-order valence-electron chi connectivity index (χ1n) is 6.38. The van der Waals surface area contributed by atoms with Crippen LogP contribution in [0.25, 0.3) is 6.08 Å². The van der Waals surface area contributed by atoms with Crippen LogP contribution in [0.4, 0.5) is 5.69 Å². The van der Waals surface area contributed by atoms with Gasteiger partial charge >= 0.3 is 5.97 Å². The van der Waals surface area contributed by atoms with E-state index in [1.165, 1.54) is 24.3 Å². The van der Waals surface area contributed by atoms with Gasteiger partial charge in [0.1, 0.15) is 6.61 Å². The number of nitrogens with zero attached hydrogens (tertiary/aromatic N) is 1. The molecular weight excluding hydrogens is 350 g/mol. The molecule has 0 amide bonds. The summed E-state index contributed by atoms with van der Waals surface area (Å²) in [4.78, 5) is 21.8. The highest BCUT2D eigenvalue weighted by atomic mass is 79.9. The molecule has 0 unspecified atom stereocenters. The zero-order valence-electron chi connectivity index (χ0n) is 11.4. The third-order valence-corrected chi connectivity index (χ3v) is 3.26. The second kappa shape index (κ2) is 7.51. The Bertz CT molecular complexity index is 728. The standard InChI is InChI=1S/C16H12BrNO4/c17-14-5-1-4-13(9-14)11-22-16(19)8-7-12-3-2-6-15(10-12)18(20)21/h1-10H,11H2/b8-7-. The molecule has 0 fully saturated rings. The Hall–Kier alpha value is -2.47. The molecule has 0 N–H and O–H groups in total. The summed E-state index contributed by atoms with van der Waals surface area (Å²) in [6.45, 7) is 0.164. The lowest BCUT2D eigenvalue weighted by Gasteiger charge is -2.02. The SMILES string of the molecule is O=C(/C=C\c1cccc([N+](=O)[O-])c1)OCc1cccc(Br)c1. The molecule has 2 rings (SSSR count). The molecule has 0 heterocycles. The minimum atomic E-state index is -0.508. The molecule has 0 aliphatic heterocycles. The Morgan fingerprint density at radius 3 is 2.73 bits per heavy atom. The van der Waals surface area contributed by atoms with E-state index in [4.69, 9.17) is 4.74 Å².